The zero-order valence-electron chi connectivity index (χ0n) is 10.8. The van der Waals surface area contributed by atoms with Gasteiger partial charge < -0.3 is 0 Å². The number of hydrogen-bond acceptors (Lipinski definition) is 5. The molecule has 0 atom stereocenters. The van der Waals surface area contributed by atoms with Gasteiger partial charge >= 0.3 is 5.69 Å². The molecule has 0 saturated carbocycles. The van der Waals surface area contributed by atoms with Crippen LogP contribution in [-0.4, -0.2) is 25.4 Å². The molecule has 0 amide bonds. The standard InChI is InChI=1S/C12H10FN3O4S/c1-15(12-4-2-3-7-14-12)21(19,20)9-5-6-11(16(17)18)10(13)8-9/h2-8H,1H3. The molecule has 1 aromatic carbocycles. The summed E-state index contributed by atoms with van der Waals surface area (Å²) in [6.07, 6.45) is 1.41. The fourth-order valence-corrected chi connectivity index (χ4v) is 2.78. The van der Waals surface area contributed by atoms with E-state index >= 15 is 0 Å². The van der Waals surface area contributed by atoms with Crippen molar-refractivity contribution >= 4 is 21.5 Å². The maximum atomic E-state index is 13.6. The summed E-state index contributed by atoms with van der Waals surface area (Å²) in [4.78, 5) is 13.1. The first-order valence-corrected chi connectivity index (χ1v) is 7.12. The molecule has 1 aromatic heterocycles. The lowest BCUT2D eigenvalue weighted by Crippen LogP contribution is -2.27. The number of hydrogen-bond donors (Lipinski definition) is 0. The summed E-state index contributed by atoms with van der Waals surface area (Å²) < 4.78 is 39.1. The molecule has 21 heavy (non-hydrogen) atoms. The van der Waals surface area contributed by atoms with Crippen LogP contribution in [-0.2, 0) is 10.0 Å². The lowest BCUT2D eigenvalue weighted by molar-refractivity contribution is -0.387. The molecule has 110 valence electrons. The molecule has 0 bridgehead atoms. The van der Waals surface area contributed by atoms with Crippen LogP contribution in [0.15, 0.2) is 47.5 Å². The number of nitrogens with zero attached hydrogens (tertiary/aromatic N) is 3. The van der Waals surface area contributed by atoms with E-state index < -0.39 is 31.3 Å². The van der Waals surface area contributed by atoms with Gasteiger partial charge in [0, 0.05) is 25.4 Å². The van der Waals surface area contributed by atoms with Crippen molar-refractivity contribution in [2.75, 3.05) is 11.4 Å². The van der Waals surface area contributed by atoms with Crippen molar-refractivity contribution in [1.29, 1.82) is 0 Å². The second-order valence-electron chi connectivity index (χ2n) is 4.03. The lowest BCUT2D eigenvalue weighted by atomic mass is 10.3. The number of nitro groups is 1. The van der Waals surface area contributed by atoms with Gasteiger partial charge in [-0.25, -0.2) is 13.4 Å². The third kappa shape index (κ3) is 2.82. The molecule has 7 nitrogen and oxygen atoms in total. The van der Waals surface area contributed by atoms with Crippen LogP contribution in [0.25, 0.3) is 0 Å². The quantitative estimate of drug-likeness (QED) is 0.635. The first-order valence-electron chi connectivity index (χ1n) is 5.68. The summed E-state index contributed by atoms with van der Waals surface area (Å²) >= 11 is 0. The van der Waals surface area contributed by atoms with Crippen molar-refractivity contribution in [2.45, 2.75) is 4.90 Å². The van der Waals surface area contributed by atoms with E-state index in [9.17, 15) is 22.9 Å². The van der Waals surface area contributed by atoms with Gasteiger partial charge in [-0.3, -0.25) is 14.4 Å². The second kappa shape index (κ2) is 5.44. The predicted octanol–water partition coefficient (Wildman–Crippen LogP) is 1.95. The van der Waals surface area contributed by atoms with E-state index in [2.05, 4.69) is 4.98 Å². The third-order valence-electron chi connectivity index (χ3n) is 2.75. The number of anilines is 1. The third-order valence-corrected chi connectivity index (χ3v) is 4.50. The van der Waals surface area contributed by atoms with Crippen LogP contribution in [0.5, 0.6) is 0 Å². The second-order valence-corrected chi connectivity index (χ2v) is 6.00. The van der Waals surface area contributed by atoms with Crippen LogP contribution < -0.4 is 4.31 Å². The van der Waals surface area contributed by atoms with E-state index in [0.717, 1.165) is 16.4 Å². The Morgan fingerprint density at radius 2 is 2.00 bits per heavy atom. The van der Waals surface area contributed by atoms with Crippen molar-refractivity contribution in [2.24, 2.45) is 0 Å². The summed E-state index contributed by atoms with van der Waals surface area (Å²) in [5.74, 6) is -1.06. The molecule has 0 unspecified atom stereocenters. The average molecular weight is 311 g/mol. The van der Waals surface area contributed by atoms with Gasteiger partial charge in [-0.15, -0.1) is 0 Å². The molecule has 0 aliphatic rings. The Morgan fingerprint density at radius 3 is 2.52 bits per heavy atom. The van der Waals surface area contributed by atoms with Crippen LogP contribution >= 0.6 is 0 Å². The van der Waals surface area contributed by atoms with Crippen LogP contribution in [0, 0.1) is 15.9 Å². The summed E-state index contributed by atoms with van der Waals surface area (Å²) in [5.41, 5.74) is -0.783. The normalized spacial score (nSPS) is 11.1. The molecule has 0 aliphatic carbocycles. The highest BCUT2D eigenvalue weighted by molar-refractivity contribution is 7.92. The van der Waals surface area contributed by atoms with Crippen LogP contribution in [0.3, 0.4) is 0 Å². The molecule has 2 aromatic rings. The molecule has 0 aliphatic heterocycles. The monoisotopic (exact) mass is 311 g/mol. The Labute approximate surface area is 119 Å². The fourth-order valence-electron chi connectivity index (χ4n) is 1.62. The number of halogens is 1. The SMILES string of the molecule is CN(c1ccccn1)S(=O)(=O)c1ccc([N+](=O)[O-])c(F)c1. The summed E-state index contributed by atoms with van der Waals surface area (Å²) in [6.45, 7) is 0. The van der Waals surface area contributed by atoms with Crippen LogP contribution in [0.4, 0.5) is 15.9 Å². The first-order chi connectivity index (χ1) is 9.84. The van der Waals surface area contributed by atoms with Gasteiger partial charge in [-0.2, -0.15) is 4.39 Å². The predicted molar refractivity (Wildman–Crippen MR) is 72.9 cm³/mol. The molecular weight excluding hydrogens is 301 g/mol. The highest BCUT2D eigenvalue weighted by Crippen LogP contribution is 2.24. The first kappa shape index (κ1) is 14.9. The summed E-state index contributed by atoms with van der Waals surface area (Å²) in [5, 5.41) is 10.5. The Kier molecular flexibility index (Phi) is 3.85. The maximum absolute atomic E-state index is 13.6. The zero-order valence-corrected chi connectivity index (χ0v) is 11.6. The number of rotatable bonds is 4. The lowest BCUT2D eigenvalue weighted by Gasteiger charge is -2.18. The number of nitro benzene ring substituents is 1. The van der Waals surface area contributed by atoms with Gasteiger partial charge in [0.05, 0.1) is 9.82 Å². The molecular formula is C12H10FN3O4S. The maximum Gasteiger partial charge on any atom is 0.304 e. The Balaban J connectivity index is 2.45. The average Bonchev–Trinajstić information content (AvgIpc) is 2.46. The molecule has 0 radical (unpaired) electrons. The van der Waals surface area contributed by atoms with E-state index in [-0.39, 0.29) is 5.82 Å². The van der Waals surface area contributed by atoms with Gasteiger partial charge in [-0.1, -0.05) is 6.07 Å². The topological polar surface area (TPSA) is 93.4 Å². The smallest absolute Gasteiger partial charge is 0.258 e. The Hall–Kier alpha value is -2.55. The van der Waals surface area contributed by atoms with Crippen LogP contribution in [0.1, 0.15) is 0 Å². The van der Waals surface area contributed by atoms with Crippen molar-refractivity contribution in [3.8, 4) is 0 Å². The minimum Gasteiger partial charge on any atom is -0.258 e. The van der Waals surface area contributed by atoms with Crippen molar-refractivity contribution in [3.63, 3.8) is 0 Å². The van der Waals surface area contributed by atoms with Crippen LogP contribution in [0.2, 0.25) is 0 Å². The molecule has 9 heteroatoms. The highest BCUT2D eigenvalue weighted by atomic mass is 32.2. The van der Waals surface area contributed by atoms with E-state index in [0.29, 0.717) is 6.07 Å². The number of benzene rings is 1. The van der Waals surface area contributed by atoms with Gasteiger partial charge in [0.2, 0.25) is 5.82 Å². The minimum absolute atomic E-state index is 0.149. The Morgan fingerprint density at radius 1 is 1.29 bits per heavy atom. The van der Waals surface area contributed by atoms with E-state index in [1.807, 2.05) is 0 Å². The van der Waals surface area contributed by atoms with E-state index in [1.54, 1.807) is 12.1 Å². The van der Waals surface area contributed by atoms with Gasteiger partial charge in [0.15, 0.2) is 0 Å². The van der Waals surface area contributed by atoms with Crippen molar-refractivity contribution in [3.05, 3.63) is 58.5 Å². The zero-order chi connectivity index (χ0) is 15.6. The Bertz CT molecular complexity index is 780. The molecule has 1 heterocycles. The molecule has 2 rings (SSSR count). The molecule has 0 N–H and O–H groups in total. The molecule has 0 saturated heterocycles. The van der Waals surface area contributed by atoms with Gasteiger partial charge in [0.25, 0.3) is 10.0 Å². The summed E-state index contributed by atoms with van der Waals surface area (Å²) in [6, 6.07) is 7.11. The number of pyridine rings is 1. The summed E-state index contributed by atoms with van der Waals surface area (Å²) in [7, 11) is -2.79. The number of sulfonamides is 1. The highest BCUT2D eigenvalue weighted by Gasteiger charge is 2.25. The fraction of sp³-hybridized carbons (Fsp3) is 0.0833. The van der Waals surface area contributed by atoms with Gasteiger partial charge in [-0.05, 0) is 18.2 Å². The van der Waals surface area contributed by atoms with Crippen molar-refractivity contribution < 1.29 is 17.7 Å². The van der Waals surface area contributed by atoms with Gasteiger partial charge in [0.1, 0.15) is 5.82 Å². The largest absolute Gasteiger partial charge is 0.304 e. The van der Waals surface area contributed by atoms with E-state index in [4.69, 9.17) is 0 Å². The minimum atomic E-state index is -4.05. The number of aromatic nitrogens is 1. The molecule has 0 fully saturated rings. The molecule has 0 spiro atoms. The van der Waals surface area contributed by atoms with E-state index in [1.165, 1.54) is 19.3 Å². The van der Waals surface area contributed by atoms with Crippen molar-refractivity contribution in [1.82, 2.24) is 4.98 Å².